The number of aromatic nitrogens is 2. The standard InChI is InChI=1S/C21H20ClN5/c1-2-3-4-15-7-11-18(12-8-15)25-21-19(13-23)20(26-27-21)24-14-16-5-9-17(22)10-6-16/h5-12,14H,2-4H2,1H3,(H2,25,26,27). The molecule has 0 saturated carbocycles. The molecule has 27 heavy (non-hydrogen) atoms. The molecule has 2 aromatic carbocycles. The van der Waals surface area contributed by atoms with E-state index in [-0.39, 0.29) is 0 Å². The third-order valence-electron chi connectivity index (χ3n) is 4.11. The summed E-state index contributed by atoms with van der Waals surface area (Å²) in [4.78, 5) is 4.31. The van der Waals surface area contributed by atoms with Crippen LogP contribution in [0.1, 0.15) is 36.5 Å². The van der Waals surface area contributed by atoms with Gasteiger partial charge in [0.2, 0.25) is 0 Å². The molecule has 0 radical (unpaired) electrons. The quantitative estimate of drug-likeness (QED) is 0.513. The van der Waals surface area contributed by atoms with Crippen molar-refractivity contribution in [2.24, 2.45) is 4.99 Å². The van der Waals surface area contributed by atoms with E-state index in [1.165, 1.54) is 18.4 Å². The minimum Gasteiger partial charge on any atom is -0.339 e. The van der Waals surface area contributed by atoms with Crippen molar-refractivity contribution in [1.82, 2.24) is 10.2 Å². The number of unbranched alkanes of at least 4 members (excludes halogenated alkanes) is 1. The fourth-order valence-electron chi connectivity index (χ4n) is 2.59. The summed E-state index contributed by atoms with van der Waals surface area (Å²) in [5.41, 5.74) is 3.45. The molecule has 1 heterocycles. The van der Waals surface area contributed by atoms with Crippen molar-refractivity contribution in [2.45, 2.75) is 26.2 Å². The van der Waals surface area contributed by atoms with Crippen LogP contribution in [-0.4, -0.2) is 16.4 Å². The van der Waals surface area contributed by atoms with Crippen LogP contribution in [0.25, 0.3) is 0 Å². The highest BCUT2D eigenvalue weighted by Crippen LogP contribution is 2.26. The molecule has 5 nitrogen and oxygen atoms in total. The summed E-state index contributed by atoms with van der Waals surface area (Å²) in [7, 11) is 0. The van der Waals surface area contributed by atoms with Gasteiger partial charge in [-0.15, -0.1) is 0 Å². The second kappa shape index (κ2) is 9.02. The van der Waals surface area contributed by atoms with Gasteiger partial charge < -0.3 is 5.32 Å². The van der Waals surface area contributed by atoms with E-state index < -0.39 is 0 Å². The summed E-state index contributed by atoms with van der Waals surface area (Å²) in [5, 5.41) is 20.4. The van der Waals surface area contributed by atoms with E-state index in [2.05, 4.69) is 45.6 Å². The third kappa shape index (κ3) is 4.96. The first kappa shape index (κ1) is 18.7. The number of nitriles is 1. The van der Waals surface area contributed by atoms with Crippen LogP contribution in [0.3, 0.4) is 0 Å². The Balaban J connectivity index is 1.74. The highest BCUT2D eigenvalue weighted by Gasteiger charge is 2.12. The molecule has 0 aliphatic rings. The number of nitrogens with zero attached hydrogens (tertiary/aromatic N) is 3. The zero-order chi connectivity index (χ0) is 19.1. The molecule has 0 bridgehead atoms. The van der Waals surface area contributed by atoms with Gasteiger partial charge in [-0.1, -0.05) is 49.2 Å². The summed E-state index contributed by atoms with van der Waals surface area (Å²) in [5.74, 6) is 0.872. The van der Waals surface area contributed by atoms with Gasteiger partial charge in [-0.25, -0.2) is 4.99 Å². The first-order valence-electron chi connectivity index (χ1n) is 8.83. The van der Waals surface area contributed by atoms with Crippen molar-refractivity contribution in [3.63, 3.8) is 0 Å². The van der Waals surface area contributed by atoms with Crippen LogP contribution in [-0.2, 0) is 6.42 Å². The van der Waals surface area contributed by atoms with E-state index in [4.69, 9.17) is 11.6 Å². The number of anilines is 2. The lowest BCUT2D eigenvalue weighted by molar-refractivity contribution is 0.795. The summed E-state index contributed by atoms with van der Waals surface area (Å²) >= 11 is 5.88. The Morgan fingerprint density at radius 2 is 1.93 bits per heavy atom. The number of aliphatic imine (C=N–C) groups is 1. The molecule has 0 unspecified atom stereocenters. The van der Waals surface area contributed by atoms with Gasteiger partial charge in [0.25, 0.3) is 0 Å². The van der Waals surface area contributed by atoms with Gasteiger partial charge in [0.15, 0.2) is 5.82 Å². The Bertz CT molecular complexity index is 950. The maximum atomic E-state index is 9.50. The molecule has 3 aromatic rings. The molecule has 0 aliphatic carbocycles. The van der Waals surface area contributed by atoms with Crippen LogP contribution < -0.4 is 5.32 Å². The van der Waals surface area contributed by atoms with Crippen molar-refractivity contribution >= 4 is 35.1 Å². The smallest absolute Gasteiger partial charge is 0.193 e. The third-order valence-corrected chi connectivity index (χ3v) is 4.36. The van der Waals surface area contributed by atoms with Crippen molar-refractivity contribution < 1.29 is 0 Å². The van der Waals surface area contributed by atoms with Crippen LogP contribution in [0.4, 0.5) is 17.3 Å². The van der Waals surface area contributed by atoms with Crippen molar-refractivity contribution in [1.29, 1.82) is 5.26 Å². The number of rotatable bonds is 7. The molecular formula is C21H20ClN5. The number of hydrogen-bond acceptors (Lipinski definition) is 4. The number of halogens is 1. The average molecular weight is 378 g/mol. The second-order valence-corrected chi connectivity index (χ2v) is 6.58. The molecule has 0 saturated heterocycles. The minimum atomic E-state index is 0.342. The highest BCUT2D eigenvalue weighted by molar-refractivity contribution is 6.30. The highest BCUT2D eigenvalue weighted by atomic mass is 35.5. The van der Waals surface area contributed by atoms with E-state index >= 15 is 0 Å². The van der Waals surface area contributed by atoms with Crippen LogP contribution in [0.2, 0.25) is 5.02 Å². The number of hydrogen-bond donors (Lipinski definition) is 2. The van der Waals surface area contributed by atoms with E-state index in [1.807, 2.05) is 24.3 Å². The molecule has 0 amide bonds. The molecule has 1 aromatic heterocycles. The summed E-state index contributed by atoms with van der Waals surface area (Å²) in [6.45, 7) is 2.19. The maximum Gasteiger partial charge on any atom is 0.193 e. The Morgan fingerprint density at radius 1 is 1.19 bits per heavy atom. The Labute approximate surface area is 163 Å². The Morgan fingerprint density at radius 3 is 2.59 bits per heavy atom. The molecule has 6 heteroatoms. The van der Waals surface area contributed by atoms with Gasteiger partial charge in [-0.2, -0.15) is 10.4 Å². The molecule has 0 spiro atoms. The average Bonchev–Trinajstić information content (AvgIpc) is 3.08. The lowest BCUT2D eigenvalue weighted by Crippen LogP contribution is -1.93. The molecule has 2 N–H and O–H groups in total. The second-order valence-electron chi connectivity index (χ2n) is 6.14. The van der Waals surface area contributed by atoms with E-state index in [9.17, 15) is 5.26 Å². The molecular weight excluding hydrogens is 358 g/mol. The monoisotopic (exact) mass is 377 g/mol. The zero-order valence-electron chi connectivity index (χ0n) is 15.0. The van der Waals surface area contributed by atoms with Gasteiger partial charge in [-0.3, -0.25) is 5.10 Å². The number of benzene rings is 2. The maximum absolute atomic E-state index is 9.50. The first-order chi connectivity index (χ1) is 13.2. The van der Waals surface area contributed by atoms with Crippen LogP contribution in [0.15, 0.2) is 53.5 Å². The molecule has 0 atom stereocenters. The largest absolute Gasteiger partial charge is 0.339 e. The molecule has 0 aliphatic heterocycles. The van der Waals surface area contributed by atoms with Crippen molar-refractivity contribution in [3.8, 4) is 6.07 Å². The van der Waals surface area contributed by atoms with Gasteiger partial charge in [-0.05, 0) is 48.2 Å². The summed E-state index contributed by atoms with van der Waals surface area (Å²) < 4.78 is 0. The number of H-pyrrole nitrogens is 1. The molecule has 3 rings (SSSR count). The lowest BCUT2D eigenvalue weighted by Gasteiger charge is -2.05. The van der Waals surface area contributed by atoms with Crippen LogP contribution >= 0.6 is 11.6 Å². The van der Waals surface area contributed by atoms with Gasteiger partial charge in [0.1, 0.15) is 17.5 Å². The SMILES string of the molecule is CCCCc1ccc(Nc2[nH]nc(N=Cc3ccc(Cl)cc3)c2C#N)cc1. The number of aromatic amines is 1. The molecule has 136 valence electrons. The van der Waals surface area contributed by atoms with Gasteiger partial charge >= 0.3 is 0 Å². The zero-order valence-corrected chi connectivity index (χ0v) is 15.8. The normalized spacial score (nSPS) is 10.9. The van der Waals surface area contributed by atoms with E-state index in [0.717, 1.165) is 17.7 Å². The van der Waals surface area contributed by atoms with Crippen molar-refractivity contribution in [3.05, 3.63) is 70.2 Å². The number of nitrogens with one attached hydrogen (secondary N) is 2. The predicted molar refractivity (Wildman–Crippen MR) is 110 cm³/mol. The van der Waals surface area contributed by atoms with Crippen LogP contribution in [0, 0.1) is 11.3 Å². The van der Waals surface area contributed by atoms with E-state index in [0.29, 0.717) is 22.2 Å². The van der Waals surface area contributed by atoms with Crippen LogP contribution in [0.5, 0.6) is 0 Å². The number of aryl methyl sites for hydroxylation is 1. The van der Waals surface area contributed by atoms with Gasteiger partial charge in [0.05, 0.1) is 0 Å². The van der Waals surface area contributed by atoms with E-state index in [1.54, 1.807) is 18.3 Å². The first-order valence-corrected chi connectivity index (χ1v) is 9.21. The summed E-state index contributed by atoms with van der Waals surface area (Å²) in [6, 6.07) is 17.6. The van der Waals surface area contributed by atoms with Gasteiger partial charge in [0, 0.05) is 16.9 Å². The Kier molecular flexibility index (Phi) is 6.24. The minimum absolute atomic E-state index is 0.342. The fourth-order valence-corrected chi connectivity index (χ4v) is 2.71. The topological polar surface area (TPSA) is 76.9 Å². The fraction of sp³-hybridized carbons (Fsp3) is 0.190. The lowest BCUT2D eigenvalue weighted by atomic mass is 10.1. The summed E-state index contributed by atoms with van der Waals surface area (Å²) in [6.07, 6.45) is 5.09. The predicted octanol–water partition coefficient (Wildman–Crippen LogP) is 5.77. The molecule has 0 fully saturated rings. The Hall–Kier alpha value is -3.10. The van der Waals surface area contributed by atoms with Crippen molar-refractivity contribution in [2.75, 3.05) is 5.32 Å².